The monoisotopic (exact) mass is 466 g/mol. The molecule has 3 heterocycles. The zero-order chi connectivity index (χ0) is 21.4. The first-order valence-electron chi connectivity index (χ1n) is 10.4. The molecule has 0 N–H and O–H groups in total. The second-order valence-corrected chi connectivity index (χ2v) is 9.69. The smallest absolute Gasteiger partial charge is 0.204 e. The molecule has 0 bridgehead atoms. The van der Waals surface area contributed by atoms with Crippen molar-refractivity contribution >= 4 is 35.2 Å². The summed E-state index contributed by atoms with van der Waals surface area (Å²) in [6.45, 7) is 3.82. The average molecular weight is 467 g/mol. The molecule has 1 fully saturated rings. The maximum absolute atomic E-state index is 6.13. The van der Waals surface area contributed by atoms with Crippen LogP contribution in [0.3, 0.4) is 0 Å². The van der Waals surface area contributed by atoms with Crippen LogP contribution >= 0.6 is 35.2 Å². The first-order chi connectivity index (χ1) is 15.1. The van der Waals surface area contributed by atoms with E-state index in [1.54, 1.807) is 0 Å². The van der Waals surface area contributed by atoms with E-state index in [1.165, 1.54) is 23.3 Å². The van der Waals surface area contributed by atoms with Crippen molar-refractivity contribution in [3.63, 3.8) is 0 Å². The molecule has 1 saturated heterocycles. The molecule has 0 spiro atoms. The zero-order valence-corrected chi connectivity index (χ0v) is 19.6. The van der Waals surface area contributed by atoms with Crippen LogP contribution < -0.4 is 0 Å². The number of benzene rings is 2. The highest BCUT2D eigenvalue weighted by Gasteiger charge is 2.28. The normalized spacial score (nSPS) is 16.8. The molecular formula is C24H23ClN4S2. The van der Waals surface area contributed by atoms with Gasteiger partial charge in [-0.2, -0.15) is 0 Å². The van der Waals surface area contributed by atoms with Gasteiger partial charge in [0.25, 0.3) is 0 Å². The predicted molar refractivity (Wildman–Crippen MR) is 131 cm³/mol. The van der Waals surface area contributed by atoms with Crippen molar-refractivity contribution in [2.24, 2.45) is 0 Å². The fourth-order valence-electron chi connectivity index (χ4n) is 4.18. The fraction of sp³-hybridized carbons (Fsp3) is 0.250. The molecule has 5 rings (SSSR count). The number of halogens is 1. The quantitative estimate of drug-likeness (QED) is 0.299. The number of thiophene rings is 1. The third-order valence-electron chi connectivity index (χ3n) is 5.78. The Balaban J connectivity index is 1.57. The molecule has 1 atom stereocenters. The molecule has 0 amide bonds. The van der Waals surface area contributed by atoms with Crippen molar-refractivity contribution in [3.05, 3.63) is 86.3 Å². The van der Waals surface area contributed by atoms with Gasteiger partial charge in [-0.15, -0.1) is 16.4 Å². The van der Waals surface area contributed by atoms with Gasteiger partial charge in [-0.25, -0.2) is 4.68 Å². The third kappa shape index (κ3) is 4.13. The van der Waals surface area contributed by atoms with Gasteiger partial charge < -0.3 is 0 Å². The first kappa shape index (κ1) is 20.6. The lowest BCUT2D eigenvalue weighted by molar-refractivity contribution is 0.192. The molecule has 2 aromatic carbocycles. The second-order valence-electron chi connectivity index (χ2n) is 7.91. The highest BCUT2D eigenvalue weighted by molar-refractivity contribution is 7.71. The molecule has 1 aliphatic rings. The lowest BCUT2D eigenvalue weighted by Gasteiger charge is -2.23. The highest BCUT2D eigenvalue weighted by atomic mass is 35.5. The Labute approximate surface area is 196 Å². The van der Waals surface area contributed by atoms with E-state index in [9.17, 15) is 0 Å². The molecule has 0 unspecified atom stereocenters. The topological polar surface area (TPSA) is 26.0 Å². The summed E-state index contributed by atoms with van der Waals surface area (Å²) in [4.78, 5) is 3.90. The van der Waals surface area contributed by atoms with Gasteiger partial charge in [0, 0.05) is 33.7 Å². The zero-order valence-electron chi connectivity index (χ0n) is 17.2. The van der Waals surface area contributed by atoms with Gasteiger partial charge in [0.2, 0.25) is 4.77 Å². The van der Waals surface area contributed by atoms with Crippen LogP contribution in [0.4, 0.5) is 0 Å². The van der Waals surface area contributed by atoms with E-state index in [0.29, 0.717) is 22.5 Å². The standard InChI is InChI=1S/C24H23ClN4S2/c1-17-6-12-20(13-7-17)29-23(18-8-10-19(25)11-9-18)26-28(24(29)30)16-27-14-2-4-21(27)22-5-3-15-31-22/h3,5-13,15,21H,2,4,14,16H2,1H3/t21-/m1/s1. The minimum absolute atomic E-state index is 0.436. The van der Waals surface area contributed by atoms with E-state index in [4.69, 9.17) is 28.9 Å². The van der Waals surface area contributed by atoms with Crippen molar-refractivity contribution in [1.82, 2.24) is 19.2 Å². The summed E-state index contributed by atoms with van der Waals surface area (Å²) in [6, 6.07) is 21.0. The van der Waals surface area contributed by atoms with Gasteiger partial charge in [-0.1, -0.05) is 35.4 Å². The molecular weight excluding hydrogens is 444 g/mol. The van der Waals surface area contributed by atoms with Crippen LogP contribution in [-0.2, 0) is 6.67 Å². The number of hydrogen-bond donors (Lipinski definition) is 0. The summed E-state index contributed by atoms with van der Waals surface area (Å²) in [5.41, 5.74) is 3.22. The van der Waals surface area contributed by atoms with Crippen LogP contribution in [0.1, 0.15) is 29.3 Å². The fourth-order valence-corrected chi connectivity index (χ4v) is 5.49. The van der Waals surface area contributed by atoms with Crippen LogP contribution in [0.25, 0.3) is 17.1 Å². The SMILES string of the molecule is Cc1ccc(-n2c(-c3ccc(Cl)cc3)nn(CN3CCC[C@@H]3c3cccs3)c2=S)cc1. The van der Waals surface area contributed by atoms with E-state index >= 15 is 0 Å². The molecule has 2 aromatic heterocycles. The Kier molecular flexibility index (Phi) is 5.80. The van der Waals surface area contributed by atoms with Crippen LogP contribution in [0.5, 0.6) is 0 Å². The van der Waals surface area contributed by atoms with Gasteiger partial charge in [0.15, 0.2) is 5.82 Å². The van der Waals surface area contributed by atoms with Gasteiger partial charge in [-0.05, 0) is 79.8 Å². The Morgan fingerprint density at radius 2 is 1.87 bits per heavy atom. The molecule has 1 aliphatic heterocycles. The molecule has 4 nitrogen and oxygen atoms in total. The minimum Gasteiger partial charge on any atom is -0.276 e. The molecule has 4 aromatic rings. The average Bonchev–Trinajstić information content (AvgIpc) is 3.51. The first-order valence-corrected chi connectivity index (χ1v) is 12.1. The Bertz CT molecular complexity index is 1220. The number of aryl methyl sites for hydroxylation is 1. The number of hydrogen-bond acceptors (Lipinski definition) is 4. The maximum atomic E-state index is 6.13. The molecule has 0 radical (unpaired) electrons. The van der Waals surface area contributed by atoms with Crippen molar-refractivity contribution < 1.29 is 0 Å². The summed E-state index contributed by atoms with van der Waals surface area (Å²) in [7, 11) is 0. The van der Waals surface area contributed by atoms with E-state index in [1.807, 2.05) is 40.3 Å². The largest absolute Gasteiger partial charge is 0.276 e. The van der Waals surface area contributed by atoms with E-state index in [0.717, 1.165) is 23.6 Å². The third-order valence-corrected chi connectivity index (χ3v) is 7.40. The predicted octanol–water partition coefficient (Wildman–Crippen LogP) is 6.89. The summed E-state index contributed by atoms with van der Waals surface area (Å²) < 4.78 is 4.73. The molecule has 0 saturated carbocycles. The van der Waals surface area contributed by atoms with Gasteiger partial charge >= 0.3 is 0 Å². The van der Waals surface area contributed by atoms with E-state index < -0.39 is 0 Å². The maximum Gasteiger partial charge on any atom is 0.204 e. The van der Waals surface area contributed by atoms with Crippen molar-refractivity contribution in [2.75, 3.05) is 6.54 Å². The van der Waals surface area contributed by atoms with E-state index in [2.05, 4.69) is 58.2 Å². The molecule has 0 aliphatic carbocycles. The van der Waals surface area contributed by atoms with Crippen LogP contribution in [-0.4, -0.2) is 25.8 Å². The highest BCUT2D eigenvalue weighted by Crippen LogP contribution is 2.35. The summed E-state index contributed by atoms with van der Waals surface area (Å²) in [5.74, 6) is 0.831. The van der Waals surface area contributed by atoms with Gasteiger partial charge in [0.1, 0.15) is 0 Å². The van der Waals surface area contributed by atoms with Gasteiger partial charge in [-0.3, -0.25) is 9.47 Å². The van der Waals surface area contributed by atoms with Crippen molar-refractivity contribution in [1.29, 1.82) is 0 Å². The molecule has 158 valence electrons. The van der Waals surface area contributed by atoms with E-state index in [-0.39, 0.29) is 0 Å². The van der Waals surface area contributed by atoms with Crippen LogP contribution in [0.15, 0.2) is 66.0 Å². The Hall–Kier alpha value is -2.25. The Morgan fingerprint density at radius 3 is 2.58 bits per heavy atom. The van der Waals surface area contributed by atoms with Crippen LogP contribution in [0, 0.1) is 11.7 Å². The number of aromatic nitrogens is 3. The second kappa shape index (κ2) is 8.71. The lowest BCUT2D eigenvalue weighted by Crippen LogP contribution is -2.26. The summed E-state index contributed by atoms with van der Waals surface area (Å²) in [6.07, 6.45) is 2.37. The lowest BCUT2D eigenvalue weighted by atomic mass is 10.2. The van der Waals surface area contributed by atoms with Crippen molar-refractivity contribution in [2.45, 2.75) is 32.5 Å². The minimum atomic E-state index is 0.436. The number of nitrogens with zero attached hydrogens (tertiary/aromatic N) is 4. The van der Waals surface area contributed by atoms with Crippen LogP contribution in [0.2, 0.25) is 5.02 Å². The number of likely N-dealkylation sites (tertiary alicyclic amines) is 1. The molecule has 7 heteroatoms. The number of rotatable bonds is 5. The Morgan fingerprint density at radius 1 is 1.10 bits per heavy atom. The summed E-state index contributed by atoms with van der Waals surface area (Å²) >= 11 is 13.9. The summed E-state index contributed by atoms with van der Waals surface area (Å²) in [5, 5.41) is 7.84. The van der Waals surface area contributed by atoms with Crippen molar-refractivity contribution in [3.8, 4) is 17.1 Å². The molecule has 31 heavy (non-hydrogen) atoms. The van der Waals surface area contributed by atoms with Gasteiger partial charge in [0.05, 0.1) is 6.67 Å².